The number of nitrogens with two attached hydrogens (primary N) is 1. The van der Waals surface area contributed by atoms with Gasteiger partial charge >= 0.3 is 0 Å². The molecule has 0 bridgehead atoms. The normalized spacial score (nSPS) is 12.1. The van der Waals surface area contributed by atoms with Crippen molar-refractivity contribution in [3.8, 4) is 0 Å². The van der Waals surface area contributed by atoms with E-state index >= 15 is 0 Å². The van der Waals surface area contributed by atoms with Crippen LogP contribution in [0.15, 0.2) is 24.3 Å². The van der Waals surface area contributed by atoms with Gasteiger partial charge in [-0.3, -0.25) is 10.1 Å². The van der Waals surface area contributed by atoms with Crippen molar-refractivity contribution in [2.45, 2.75) is 39.2 Å². The molecule has 6 heteroatoms. The van der Waals surface area contributed by atoms with E-state index in [2.05, 4.69) is 22.4 Å². The highest BCUT2D eigenvalue weighted by atomic mass is 32.1. The van der Waals surface area contributed by atoms with Gasteiger partial charge in [-0.1, -0.05) is 54.5 Å². The molecule has 0 aliphatic rings. The first kappa shape index (κ1) is 15.6. The van der Waals surface area contributed by atoms with Crippen molar-refractivity contribution in [3.63, 3.8) is 0 Å². The van der Waals surface area contributed by atoms with Gasteiger partial charge in [0.05, 0.1) is 0 Å². The molecule has 21 heavy (non-hydrogen) atoms. The number of carbonyl (C=O) groups is 1. The van der Waals surface area contributed by atoms with Gasteiger partial charge in [-0.2, -0.15) is 0 Å². The van der Waals surface area contributed by atoms with Gasteiger partial charge in [-0.25, -0.2) is 0 Å². The van der Waals surface area contributed by atoms with Crippen LogP contribution < -0.4 is 11.1 Å². The first-order valence-corrected chi connectivity index (χ1v) is 7.87. The molecule has 0 radical (unpaired) electrons. The molecule has 0 aliphatic heterocycles. The van der Waals surface area contributed by atoms with Crippen molar-refractivity contribution in [2.24, 2.45) is 5.73 Å². The average Bonchev–Trinajstić information content (AvgIpc) is 2.92. The third-order valence-electron chi connectivity index (χ3n) is 3.16. The zero-order chi connectivity index (χ0) is 15.2. The van der Waals surface area contributed by atoms with E-state index < -0.39 is 6.04 Å². The summed E-state index contributed by atoms with van der Waals surface area (Å²) in [5.41, 5.74) is 7.89. The third kappa shape index (κ3) is 4.34. The number of anilines is 1. The van der Waals surface area contributed by atoms with Crippen LogP contribution in [0.1, 0.15) is 41.9 Å². The number of nitrogens with zero attached hydrogens (tertiary/aromatic N) is 2. The van der Waals surface area contributed by atoms with E-state index in [1.165, 1.54) is 11.3 Å². The maximum absolute atomic E-state index is 12.1. The van der Waals surface area contributed by atoms with E-state index in [1.54, 1.807) is 0 Å². The lowest BCUT2D eigenvalue weighted by atomic mass is 10.1. The first-order chi connectivity index (χ1) is 10.1. The van der Waals surface area contributed by atoms with Crippen molar-refractivity contribution < 1.29 is 4.79 Å². The summed E-state index contributed by atoms with van der Waals surface area (Å²) in [6.45, 7) is 4.12. The predicted octanol–water partition coefficient (Wildman–Crippen LogP) is 2.83. The summed E-state index contributed by atoms with van der Waals surface area (Å²) >= 11 is 1.41. The number of benzene rings is 1. The van der Waals surface area contributed by atoms with Gasteiger partial charge in [-0.05, 0) is 18.9 Å². The van der Waals surface area contributed by atoms with Gasteiger partial charge in [0, 0.05) is 6.42 Å². The van der Waals surface area contributed by atoms with Gasteiger partial charge in [0.25, 0.3) is 0 Å². The zero-order valence-corrected chi connectivity index (χ0v) is 13.1. The van der Waals surface area contributed by atoms with Crippen LogP contribution >= 0.6 is 11.3 Å². The number of aromatic nitrogens is 2. The Kier molecular flexibility index (Phi) is 5.41. The Morgan fingerprint density at radius 2 is 2.05 bits per heavy atom. The molecule has 112 valence electrons. The van der Waals surface area contributed by atoms with E-state index in [0.717, 1.165) is 35.4 Å². The monoisotopic (exact) mass is 304 g/mol. The smallest absolute Gasteiger partial charge is 0.247 e. The molecule has 2 aromatic rings. The van der Waals surface area contributed by atoms with Crippen LogP contribution in [0.5, 0.6) is 0 Å². The van der Waals surface area contributed by atoms with Crippen LogP contribution in [0.4, 0.5) is 5.13 Å². The maximum atomic E-state index is 12.1. The number of rotatable bonds is 6. The van der Waals surface area contributed by atoms with E-state index in [0.29, 0.717) is 5.13 Å². The van der Waals surface area contributed by atoms with E-state index in [1.807, 2.05) is 31.2 Å². The van der Waals surface area contributed by atoms with Crippen LogP contribution in [0.3, 0.4) is 0 Å². The lowest BCUT2D eigenvalue weighted by Gasteiger charge is -2.11. The minimum absolute atomic E-state index is 0.267. The number of aryl methyl sites for hydroxylation is 2. The summed E-state index contributed by atoms with van der Waals surface area (Å²) in [6.07, 6.45) is 3.08. The summed E-state index contributed by atoms with van der Waals surface area (Å²) in [6, 6.07) is 6.92. The standard InChI is InChI=1S/C15H20N4OS/c1-3-4-5-12-18-19-15(21-12)17-14(20)13(16)11-8-6-10(2)7-9-11/h6-9,13H,3-5,16H2,1-2H3,(H,17,19,20). The molecule has 0 aliphatic carbocycles. The Morgan fingerprint density at radius 1 is 1.33 bits per heavy atom. The van der Waals surface area contributed by atoms with Gasteiger partial charge in [0.2, 0.25) is 11.0 Å². The lowest BCUT2D eigenvalue weighted by molar-refractivity contribution is -0.117. The molecule has 1 aromatic carbocycles. The van der Waals surface area contributed by atoms with E-state index in [9.17, 15) is 4.79 Å². The summed E-state index contributed by atoms with van der Waals surface area (Å²) in [5.74, 6) is -0.267. The molecule has 2 rings (SSSR count). The van der Waals surface area contributed by atoms with Crippen LogP contribution in [0.2, 0.25) is 0 Å². The maximum Gasteiger partial charge on any atom is 0.247 e. The molecule has 0 spiro atoms. The van der Waals surface area contributed by atoms with Gasteiger partial charge in [0.15, 0.2) is 0 Å². The molecule has 1 unspecified atom stereocenters. The Hall–Kier alpha value is -1.79. The molecule has 0 saturated carbocycles. The number of carbonyl (C=O) groups excluding carboxylic acids is 1. The van der Waals surface area contributed by atoms with Gasteiger partial charge < -0.3 is 5.73 Å². The molecule has 1 amide bonds. The number of hydrogen-bond donors (Lipinski definition) is 2. The lowest BCUT2D eigenvalue weighted by Crippen LogP contribution is -2.27. The molecule has 3 N–H and O–H groups in total. The van der Waals surface area contributed by atoms with Crippen molar-refractivity contribution in [1.82, 2.24) is 10.2 Å². The van der Waals surface area contributed by atoms with Crippen LogP contribution in [-0.2, 0) is 11.2 Å². The van der Waals surface area contributed by atoms with E-state index in [4.69, 9.17) is 5.73 Å². The quantitative estimate of drug-likeness (QED) is 0.860. The van der Waals surface area contributed by atoms with Crippen LogP contribution in [0, 0.1) is 6.92 Å². The van der Waals surface area contributed by atoms with Gasteiger partial charge in [-0.15, -0.1) is 10.2 Å². The first-order valence-electron chi connectivity index (χ1n) is 7.05. The minimum atomic E-state index is -0.700. The van der Waals surface area contributed by atoms with Crippen LogP contribution in [0.25, 0.3) is 0 Å². The van der Waals surface area contributed by atoms with Crippen LogP contribution in [-0.4, -0.2) is 16.1 Å². The molecule has 1 aromatic heterocycles. The Morgan fingerprint density at radius 3 is 2.71 bits per heavy atom. The Balaban J connectivity index is 1.97. The number of hydrogen-bond acceptors (Lipinski definition) is 5. The van der Waals surface area contributed by atoms with E-state index in [-0.39, 0.29) is 5.91 Å². The fourth-order valence-electron chi connectivity index (χ4n) is 1.84. The second-order valence-corrected chi connectivity index (χ2v) is 6.04. The molecule has 0 fully saturated rings. The molecular weight excluding hydrogens is 284 g/mol. The average molecular weight is 304 g/mol. The Labute approximate surface area is 128 Å². The summed E-state index contributed by atoms with van der Waals surface area (Å²) in [4.78, 5) is 12.1. The van der Waals surface area contributed by atoms with Crippen molar-refractivity contribution in [1.29, 1.82) is 0 Å². The third-order valence-corrected chi connectivity index (χ3v) is 4.06. The highest BCUT2D eigenvalue weighted by molar-refractivity contribution is 7.15. The molecule has 0 saturated heterocycles. The summed E-state index contributed by atoms with van der Waals surface area (Å²) < 4.78 is 0. The second-order valence-electron chi connectivity index (χ2n) is 4.98. The topological polar surface area (TPSA) is 80.9 Å². The SMILES string of the molecule is CCCCc1nnc(NC(=O)C(N)c2ccc(C)cc2)s1. The van der Waals surface area contributed by atoms with Crippen molar-refractivity contribution >= 4 is 22.4 Å². The number of nitrogens with one attached hydrogen (secondary N) is 1. The fourth-order valence-corrected chi connectivity index (χ4v) is 2.63. The van der Waals surface area contributed by atoms with Crippen molar-refractivity contribution in [3.05, 3.63) is 40.4 Å². The summed E-state index contributed by atoms with van der Waals surface area (Å²) in [5, 5.41) is 12.2. The second kappa shape index (κ2) is 7.28. The number of unbranched alkanes of at least 4 members (excludes halogenated alkanes) is 1. The molecular formula is C15H20N4OS. The highest BCUT2D eigenvalue weighted by Crippen LogP contribution is 2.19. The van der Waals surface area contributed by atoms with Crippen molar-refractivity contribution in [2.75, 3.05) is 5.32 Å². The largest absolute Gasteiger partial charge is 0.316 e. The zero-order valence-electron chi connectivity index (χ0n) is 12.3. The van der Waals surface area contributed by atoms with Gasteiger partial charge in [0.1, 0.15) is 11.0 Å². The fraction of sp³-hybridized carbons (Fsp3) is 0.400. The molecule has 1 atom stereocenters. The summed E-state index contributed by atoms with van der Waals surface area (Å²) in [7, 11) is 0. The molecule has 1 heterocycles. The number of amides is 1. The minimum Gasteiger partial charge on any atom is -0.316 e. The Bertz CT molecular complexity index is 594. The highest BCUT2D eigenvalue weighted by Gasteiger charge is 2.17. The molecule has 5 nitrogen and oxygen atoms in total. The predicted molar refractivity (Wildman–Crippen MR) is 85.3 cm³/mol.